The normalized spacial score (nSPS) is 10.0. The minimum atomic E-state index is 0.127. The average Bonchev–Trinajstić information content (AvgIpc) is 2.38. The summed E-state index contributed by atoms with van der Waals surface area (Å²) in [6.07, 6.45) is 0.353. The molecule has 19 heavy (non-hydrogen) atoms. The van der Waals surface area contributed by atoms with E-state index in [1.165, 1.54) is 6.07 Å². The lowest BCUT2D eigenvalue weighted by molar-refractivity contribution is 0.463. The van der Waals surface area contributed by atoms with Gasteiger partial charge in [-0.05, 0) is 23.8 Å². The Morgan fingerprint density at radius 1 is 1.11 bits per heavy atom. The number of halogens is 3. The van der Waals surface area contributed by atoms with Crippen molar-refractivity contribution in [1.82, 2.24) is 4.98 Å². The second-order valence-electron chi connectivity index (χ2n) is 3.63. The van der Waals surface area contributed by atoms with Crippen molar-refractivity contribution in [3.8, 4) is 17.7 Å². The summed E-state index contributed by atoms with van der Waals surface area (Å²) in [5.41, 5.74) is 0.906. The third-order valence-corrected chi connectivity index (χ3v) is 3.22. The molecule has 0 aliphatic rings. The van der Waals surface area contributed by atoms with E-state index in [4.69, 9.17) is 44.8 Å². The molecule has 0 fully saturated rings. The van der Waals surface area contributed by atoms with Gasteiger partial charge in [0.15, 0.2) is 5.15 Å². The molecule has 2 rings (SSSR count). The van der Waals surface area contributed by atoms with Gasteiger partial charge in [0.2, 0.25) is 5.88 Å². The second-order valence-corrected chi connectivity index (χ2v) is 4.80. The molecule has 0 atom stereocenters. The minimum absolute atomic E-state index is 0.127. The summed E-state index contributed by atoms with van der Waals surface area (Å²) in [6.45, 7) is 0. The van der Waals surface area contributed by atoms with Crippen LogP contribution >= 0.6 is 34.8 Å². The predicted molar refractivity (Wildman–Crippen MR) is 75.1 cm³/mol. The number of pyridine rings is 1. The number of hydrogen-bond acceptors (Lipinski definition) is 3. The summed E-state index contributed by atoms with van der Waals surface area (Å²) in [6, 6.07) is 10.6. The zero-order valence-corrected chi connectivity index (χ0v) is 11.8. The highest BCUT2D eigenvalue weighted by Gasteiger charge is 2.10. The van der Waals surface area contributed by atoms with E-state index in [0.29, 0.717) is 12.2 Å². The van der Waals surface area contributed by atoms with E-state index in [0.717, 1.165) is 5.56 Å². The van der Waals surface area contributed by atoms with E-state index < -0.39 is 0 Å². The molecule has 6 heteroatoms. The van der Waals surface area contributed by atoms with Crippen LogP contribution < -0.4 is 4.74 Å². The SMILES string of the molecule is N#CCc1ccc(Oc2nc(Cl)c(Cl)cc2Cl)cc1. The molecule has 0 radical (unpaired) electrons. The Balaban J connectivity index is 2.22. The molecule has 2 aromatic rings. The van der Waals surface area contributed by atoms with Gasteiger partial charge in [-0.2, -0.15) is 10.2 Å². The fourth-order valence-corrected chi connectivity index (χ4v) is 1.91. The average molecular weight is 314 g/mol. The van der Waals surface area contributed by atoms with Crippen molar-refractivity contribution >= 4 is 34.8 Å². The fourth-order valence-electron chi connectivity index (χ4n) is 1.38. The molecule has 1 heterocycles. The van der Waals surface area contributed by atoms with Gasteiger partial charge in [0.25, 0.3) is 0 Å². The van der Waals surface area contributed by atoms with E-state index >= 15 is 0 Å². The molecule has 0 aliphatic carbocycles. The van der Waals surface area contributed by atoms with E-state index in [1.54, 1.807) is 24.3 Å². The Labute approximate surface area is 125 Å². The number of nitriles is 1. The number of rotatable bonds is 3. The molecule has 0 unspecified atom stereocenters. The summed E-state index contributed by atoms with van der Waals surface area (Å²) in [5, 5.41) is 9.25. The molecular formula is C13H7Cl3N2O. The first kappa shape index (κ1) is 14.0. The molecule has 0 amide bonds. The summed E-state index contributed by atoms with van der Waals surface area (Å²) >= 11 is 17.5. The van der Waals surface area contributed by atoms with Crippen LogP contribution in [0.4, 0.5) is 0 Å². The Morgan fingerprint density at radius 2 is 1.79 bits per heavy atom. The molecule has 1 aromatic heterocycles. The van der Waals surface area contributed by atoms with E-state index in [2.05, 4.69) is 11.1 Å². The van der Waals surface area contributed by atoms with Gasteiger partial charge >= 0.3 is 0 Å². The van der Waals surface area contributed by atoms with E-state index in [1.807, 2.05) is 0 Å². The van der Waals surface area contributed by atoms with E-state index in [9.17, 15) is 0 Å². The summed E-state index contributed by atoms with van der Waals surface area (Å²) in [4.78, 5) is 3.95. The van der Waals surface area contributed by atoms with Crippen LogP contribution in [-0.2, 0) is 6.42 Å². The quantitative estimate of drug-likeness (QED) is 0.757. The third kappa shape index (κ3) is 3.51. The molecule has 0 bridgehead atoms. The lowest BCUT2D eigenvalue weighted by Crippen LogP contribution is -1.91. The summed E-state index contributed by atoms with van der Waals surface area (Å²) < 4.78 is 5.51. The highest BCUT2D eigenvalue weighted by molar-refractivity contribution is 6.42. The van der Waals surface area contributed by atoms with Crippen LogP contribution in [0, 0.1) is 11.3 Å². The topological polar surface area (TPSA) is 45.9 Å². The Bertz CT molecular complexity index is 636. The maximum absolute atomic E-state index is 8.58. The van der Waals surface area contributed by atoms with Crippen molar-refractivity contribution in [2.45, 2.75) is 6.42 Å². The molecule has 0 saturated heterocycles. The standard InChI is InChI=1S/C13H7Cl3N2O/c14-10-7-11(15)13(18-12(10)16)19-9-3-1-8(2-4-9)5-6-17/h1-4,7H,5H2. The Morgan fingerprint density at radius 3 is 2.42 bits per heavy atom. The number of hydrogen-bond donors (Lipinski definition) is 0. The smallest absolute Gasteiger partial charge is 0.239 e. The predicted octanol–water partition coefficient (Wildman–Crippen LogP) is 4.90. The zero-order chi connectivity index (χ0) is 13.8. The molecule has 0 N–H and O–H groups in total. The molecular weight excluding hydrogens is 307 g/mol. The molecule has 96 valence electrons. The highest BCUT2D eigenvalue weighted by atomic mass is 35.5. The van der Waals surface area contributed by atoms with Crippen LogP contribution in [0.25, 0.3) is 0 Å². The van der Waals surface area contributed by atoms with Crippen molar-refractivity contribution in [2.75, 3.05) is 0 Å². The fraction of sp³-hybridized carbons (Fsp3) is 0.0769. The molecule has 0 saturated carbocycles. The van der Waals surface area contributed by atoms with Gasteiger partial charge in [-0.25, -0.2) is 0 Å². The second kappa shape index (κ2) is 6.12. The maximum atomic E-state index is 8.58. The van der Waals surface area contributed by atoms with Crippen LogP contribution in [-0.4, -0.2) is 4.98 Å². The monoisotopic (exact) mass is 312 g/mol. The molecule has 0 aliphatic heterocycles. The number of ether oxygens (including phenoxy) is 1. The van der Waals surface area contributed by atoms with E-state index in [-0.39, 0.29) is 21.1 Å². The van der Waals surface area contributed by atoms with Gasteiger partial charge in [-0.3, -0.25) is 0 Å². The Hall–Kier alpha value is -1.47. The number of nitrogens with zero attached hydrogens (tertiary/aromatic N) is 2. The summed E-state index contributed by atoms with van der Waals surface area (Å²) in [7, 11) is 0. The zero-order valence-electron chi connectivity index (χ0n) is 9.53. The highest BCUT2D eigenvalue weighted by Crippen LogP contribution is 2.33. The first-order valence-electron chi connectivity index (χ1n) is 5.25. The largest absolute Gasteiger partial charge is 0.437 e. The Kier molecular flexibility index (Phi) is 4.49. The maximum Gasteiger partial charge on any atom is 0.239 e. The van der Waals surface area contributed by atoms with Crippen molar-refractivity contribution in [3.63, 3.8) is 0 Å². The van der Waals surface area contributed by atoms with Gasteiger partial charge in [0.1, 0.15) is 10.8 Å². The van der Waals surface area contributed by atoms with Crippen LogP contribution in [0.3, 0.4) is 0 Å². The van der Waals surface area contributed by atoms with Crippen molar-refractivity contribution in [2.24, 2.45) is 0 Å². The van der Waals surface area contributed by atoms with Crippen molar-refractivity contribution in [1.29, 1.82) is 5.26 Å². The van der Waals surface area contributed by atoms with Crippen LogP contribution in [0.2, 0.25) is 15.2 Å². The van der Waals surface area contributed by atoms with Crippen LogP contribution in [0.15, 0.2) is 30.3 Å². The van der Waals surface area contributed by atoms with Crippen LogP contribution in [0.1, 0.15) is 5.56 Å². The third-order valence-electron chi connectivity index (χ3n) is 2.28. The number of aromatic nitrogens is 1. The van der Waals surface area contributed by atoms with Crippen molar-refractivity contribution in [3.05, 3.63) is 51.1 Å². The molecule has 3 nitrogen and oxygen atoms in total. The van der Waals surface area contributed by atoms with Gasteiger partial charge in [-0.15, -0.1) is 0 Å². The summed E-state index contributed by atoms with van der Waals surface area (Å²) in [5.74, 6) is 0.735. The van der Waals surface area contributed by atoms with Gasteiger partial charge in [-0.1, -0.05) is 46.9 Å². The van der Waals surface area contributed by atoms with Gasteiger partial charge < -0.3 is 4.74 Å². The first-order chi connectivity index (χ1) is 9.10. The van der Waals surface area contributed by atoms with Gasteiger partial charge in [0, 0.05) is 0 Å². The molecule has 0 spiro atoms. The minimum Gasteiger partial charge on any atom is -0.437 e. The van der Waals surface area contributed by atoms with Crippen molar-refractivity contribution < 1.29 is 4.74 Å². The first-order valence-corrected chi connectivity index (χ1v) is 6.39. The lowest BCUT2D eigenvalue weighted by atomic mass is 10.2. The van der Waals surface area contributed by atoms with Crippen LogP contribution in [0.5, 0.6) is 11.6 Å². The molecule has 1 aromatic carbocycles. The van der Waals surface area contributed by atoms with Gasteiger partial charge in [0.05, 0.1) is 17.5 Å². The lowest BCUT2D eigenvalue weighted by Gasteiger charge is -2.07. The number of benzene rings is 1.